The van der Waals surface area contributed by atoms with Crippen molar-refractivity contribution in [2.24, 2.45) is 0 Å². The van der Waals surface area contributed by atoms with E-state index >= 15 is 0 Å². The van der Waals surface area contributed by atoms with Crippen LogP contribution in [0.15, 0.2) is 89.9 Å². The van der Waals surface area contributed by atoms with Gasteiger partial charge in [-0.05, 0) is 84.1 Å². The molecule has 0 radical (unpaired) electrons. The third kappa shape index (κ3) is 7.29. The van der Waals surface area contributed by atoms with Crippen LogP contribution in [0.25, 0.3) is 10.9 Å². The second-order valence-corrected chi connectivity index (χ2v) is 11.7. The first-order valence-electron chi connectivity index (χ1n) is 15.5. The third-order valence-electron chi connectivity index (χ3n) is 8.60. The average molecular weight is 671 g/mol. The zero-order valence-corrected chi connectivity index (χ0v) is 26.7. The topological polar surface area (TPSA) is 113 Å². The fourth-order valence-corrected chi connectivity index (χ4v) is 5.92. The largest absolute Gasteiger partial charge is 0.493 e. The van der Waals surface area contributed by atoms with E-state index in [-0.39, 0.29) is 27.7 Å². The van der Waals surface area contributed by atoms with Crippen LogP contribution >= 0.6 is 0 Å². The quantitative estimate of drug-likeness (QED) is 0.162. The van der Waals surface area contributed by atoms with Crippen molar-refractivity contribution in [3.05, 3.63) is 129 Å². The van der Waals surface area contributed by atoms with Crippen molar-refractivity contribution >= 4 is 34.1 Å². The highest BCUT2D eigenvalue weighted by atomic mass is 19.4. The normalized spacial score (nSPS) is 13.1. The highest BCUT2D eigenvalue weighted by molar-refractivity contribution is 6.12. The maximum atomic E-state index is 13.3. The summed E-state index contributed by atoms with van der Waals surface area (Å²) in [6.45, 7) is 2.61. The SMILES string of the molecule is COc1cc2c(cc1OC)CN(CCc1ccc(NC(=O)c3ccccc3NC(=O)c3c[nH]c4cc(C(F)(F)F)ccc4c3=O)cc1)CC2. The summed E-state index contributed by atoms with van der Waals surface area (Å²) < 4.78 is 50.2. The number of hydrogen-bond donors (Lipinski definition) is 3. The number of para-hydroxylation sites is 1. The van der Waals surface area contributed by atoms with Crippen molar-refractivity contribution in [2.75, 3.05) is 37.9 Å². The highest BCUT2D eigenvalue weighted by Crippen LogP contribution is 2.33. The number of pyridine rings is 1. The number of H-pyrrole nitrogens is 1. The number of anilines is 2. The standard InChI is InChI=1S/C37H33F3N4O5/c1-48-32-17-23-14-16-44(21-24(23)18-33(32)49-2)15-13-22-7-10-26(11-8-22)42-35(46)28-5-3-4-6-30(28)43-36(47)29-20-41-31-19-25(37(38,39)40)9-12-27(31)34(29)45/h3-12,17-20H,13-16,21H2,1-2H3,(H,41,45)(H,42,46)(H,43,47). The van der Waals surface area contributed by atoms with E-state index in [2.05, 4.69) is 26.6 Å². The molecule has 0 atom stereocenters. The number of halogens is 3. The van der Waals surface area contributed by atoms with Crippen LogP contribution in [0.2, 0.25) is 0 Å². The number of rotatable bonds is 9. The molecule has 0 bridgehead atoms. The maximum Gasteiger partial charge on any atom is 0.416 e. The van der Waals surface area contributed by atoms with Gasteiger partial charge in [0.05, 0.1) is 31.0 Å². The summed E-state index contributed by atoms with van der Waals surface area (Å²) in [5.74, 6) is 0.168. The van der Waals surface area contributed by atoms with Crippen LogP contribution in [0, 0.1) is 0 Å². The van der Waals surface area contributed by atoms with Gasteiger partial charge in [-0.1, -0.05) is 24.3 Å². The minimum atomic E-state index is -4.58. The van der Waals surface area contributed by atoms with Gasteiger partial charge in [0.25, 0.3) is 11.8 Å². The van der Waals surface area contributed by atoms with E-state index in [1.807, 2.05) is 30.3 Å². The first-order valence-corrected chi connectivity index (χ1v) is 15.5. The molecule has 3 N–H and O–H groups in total. The first kappa shape index (κ1) is 33.3. The lowest BCUT2D eigenvalue weighted by atomic mass is 9.98. The zero-order chi connectivity index (χ0) is 34.7. The molecule has 2 amide bonds. The summed E-state index contributed by atoms with van der Waals surface area (Å²) in [6, 6.07) is 20.6. The Kier molecular flexibility index (Phi) is 9.41. The van der Waals surface area contributed by atoms with E-state index in [4.69, 9.17) is 9.47 Å². The number of amides is 2. The lowest BCUT2D eigenvalue weighted by Gasteiger charge is -2.29. The molecule has 5 aromatic rings. The molecule has 0 unspecified atom stereocenters. The second kappa shape index (κ2) is 13.9. The average Bonchev–Trinajstić information content (AvgIpc) is 3.10. The molecule has 0 spiro atoms. The van der Waals surface area contributed by atoms with Gasteiger partial charge < -0.3 is 25.1 Å². The van der Waals surface area contributed by atoms with Gasteiger partial charge in [0, 0.05) is 42.4 Å². The first-order chi connectivity index (χ1) is 23.5. The summed E-state index contributed by atoms with van der Waals surface area (Å²) in [6.07, 6.45) is -1.78. The molecule has 0 saturated carbocycles. The Morgan fingerprint density at radius 2 is 1.55 bits per heavy atom. The Labute approximate surface area is 279 Å². The maximum absolute atomic E-state index is 13.3. The number of nitrogens with one attached hydrogen (secondary N) is 3. The van der Waals surface area contributed by atoms with Gasteiger partial charge in [-0.15, -0.1) is 0 Å². The Balaban J connectivity index is 1.08. The third-order valence-corrected chi connectivity index (χ3v) is 8.60. The lowest BCUT2D eigenvalue weighted by Crippen LogP contribution is -2.32. The van der Waals surface area contributed by atoms with Crippen molar-refractivity contribution in [1.29, 1.82) is 0 Å². The van der Waals surface area contributed by atoms with Crippen molar-refractivity contribution < 1.29 is 32.2 Å². The molecular formula is C37H33F3N4O5. The number of aromatic amines is 1. The number of alkyl halides is 3. The number of methoxy groups -OCH3 is 2. The molecule has 0 saturated heterocycles. The van der Waals surface area contributed by atoms with E-state index in [0.717, 1.165) is 73.9 Å². The van der Waals surface area contributed by atoms with Gasteiger partial charge >= 0.3 is 6.18 Å². The number of nitrogens with zero attached hydrogens (tertiary/aromatic N) is 1. The lowest BCUT2D eigenvalue weighted by molar-refractivity contribution is -0.137. The van der Waals surface area contributed by atoms with E-state index in [9.17, 15) is 27.6 Å². The van der Waals surface area contributed by atoms with Crippen LogP contribution in [-0.2, 0) is 25.6 Å². The summed E-state index contributed by atoms with van der Waals surface area (Å²) in [5, 5.41) is 5.37. The van der Waals surface area contributed by atoms with E-state index < -0.39 is 29.0 Å². The summed E-state index contributed by atoms with van der Waals surface area (Å²) in [5.41, 5.74) is 2.45. The molecule has 4 aromatic carbocycles. The van der Waals surface area contributed by atoms with E-state index in [0.29, 0.717) is 5.69 Å². The molecule has 1 aliphatic heterocycles. The summed E-state index contributed by atoms with van der Waals surface area (Å²) in [4.78, 5) is 44.4. The van der Waals surface area contributed by atoms with Crippen LogP contribution in [-0.4, -0.2) is 49.0 Å². The molecule has 49 heavy (non-hydrogen) atoms. The van der Waals surface area contributed by atoms with Crippen LogP contribution in [0.5, 0.6) is 11.5 Å². The molecule has 2 heterocycles. The molecule has 9 nitrogen and oxygen atoms in total. The van der Waals surface area contributed by atoms with Crippen molar-refractivity contribution in [2.45, 2.75) is 25.6 Å². The van der Waals surface area contributed by atoms with Gasteiger partial charge in [0.2, 0.25) is 5.43 Å². The molecule has 252 valence electrons. The summed E-state index contributed by atoms with van der Waals surface area (Å²) >= 11 is 0. The number of carbonyl (C=O) groups excluding carboxylic acids is 2. The van der Waals surface area contributed by atoms with Crippen molar-refractivity contribution in [1.82, 2.24) is 9.88 Å². The van der Waals surface area contributed by atoms with Gasteiger partial charge in [-0.3, -0.25) is 19.3 Å². The second-order valence-electron chi connectivity index (χ2n) is 11.7. The van der Waals surface area contributed by atoms with Crippen molar-refractivity contribution in [3.8, 4) is 11.5 Å². The smallest absolute Gasteiger partial charge is 0.416 e. The predicted molar refractivity (Wildman–Crippen MR) is 181 cm³/mol. The molecule has 1 aliphatic rings. The molecular weight excluding hydrogens is 637 g/mol. The van der Waals surface area contributed by atoms with Crippen LogP contribution in [0.3, 0.4) is 0 Å². The van der Waals surface area contributed by atoms with Crippen LogP contribution < -0.4 is 25.5 Å². The minimum absolute atomic E-state index is 0.0538. The molecule has 12 heteroatoms. The summed E-state index contributed by atoms with van der Waals surface area (Å²) in [7, 11) is 3.27. The van der Waals surface area contributed by atoms with Gasteiger partial charge in [-0.25, -0.2) is 0 Å². The Morgan fingerprint density at radius 1 is 0.857 bits per heavy atom. The van der Waals surface area contributed by atoms with Gasteiger partial charge in [-0.2, -0.15) is 13.2 Å². The zero-order valence-electron chi connectivity index (χ0n) is 26.7. The Hall–Kier alpha value is -5.62. The minimum Gasteiger partial charge on any atom is -0.493 e. The number of hydrogen-bond acceptors (Lipinski definition) is 6. The highest BCUT2D eigenvalue weighted by Gasteiger charge is 2.31. The molecule has 1 aromatic heterocycles. The molecule has 6 rings (SSSR count). The van der Waals surface area contributed by atoms with E-state index in [1.54, 1.807) is 26.4 Å². The fourth-order valence-electron chi connectivity index (χ4n) is 5.92. The van der Waals surface area contributed by atoms with Crippen LogP contribution in [0.1, 0.15) is 43.0 Å². The fraction of sp³-hybridized carbons (Fsp3) is 0.216. The molecule has 0 aliphatic carbocycles. The van der Waals surface area contributed by atoms with Gasteiger partial charge in [0.1, 0.15) is 5.56 Å². The number of carbonyl (C=O) groups is 2. The van der Waals surface area contributed by atoms with Crippen LogP contribution in [0.4, 0.5) is 24.5 Å². The number of benzene rings is 4. The predicted octanol–water partition coefficient (Wildman–Crippen LogP) is 6.67. The van der Waals surface area contributed by atoms with E-state index in [1.165, 1.54) is 23.3 Å². The number of fused-ring (bicyclic) bond motifs is 2. The molecule has 0 fully saturated rings. The number of aromatic nitrogens is 1. The number of ether oxygens (including phenoxy) is 2. The Bertz CT molecular complexity index is 2090. The monoisotopic (exact) mass is 670 g/mol. The van der Waals surface area contributed by atoms with Crippen molar-refractivity contribution in [3.63, 3.8) is 0 Å². The van der Waals surface area contributed by atoms with Gasteiger partial charge in [0.15, 0.2) is 11.5 Å². The Morgan fingerprint density at radius 3 is 2.27 bits per heavy atom.